The highest BCUT2D eigenvalue weighted by atomic mass is 127. The molecule has 1 amide bonds. The lowest BCUT2D eigenvalue weighted by atomic mass is 10.1. The van der Waals surface area contributed by atoms with Gasteiger partial charge in [0.1, 0.15) is 0 Å². The molecule has 0 aromatic heterocycles. The second-order valence-electron chi connectivity index (χ2n) is 5.64. The van der Waals surface area contributed by atoms with Crippen LogP contribution in [0.5, 0.6) is 0 Å². The molecule has 120 valence electrons. The van der Waals surface area contributed by atoms with Crippen LogP contribution in [-0.2, 0) is 0 Å². The zero-order valence-corrected chi connectivity index (χ0v) is 15.6. The molecule has 23 heavy (non-hydrogen) atoms. The highest BCUT2D eigenvalue weighted by Gasteiger charge is 2.17. The molecule has 3 nitrogen and oxygen atoms in total. The summed E-state index contributed by atoms with van der Waals surface area (Å²) in [6, 6.07) is 13.3. The molecule has 1 saturated heterocycles. The fraction of sp³-hybridized carbons (Fsp3) is 0.278. The number of benzene rings is 2. The van der Waals surface area contributed by atoms with Crippen molar-refractivity contribution in [1.29, 1.82) is 0 Å². The molecular weight excluding hydrogens is 423 g/mol. The standard InChI is InChI=1S/C18H18ClIN2O/c19-13-8-9-17(22-10-4-1-5-11-22)16(12-13)21-18(23)14-6-2-3-7-15(14)20/h2-3,6-9,12H,1,4-5,10-11H2,(H,21,23). The predicted octanol–water partition coefficient (Wildman–Crippen LogP) is 5.19. The SMILES string of the molecule is O=C(Nc1cc(Cl)ccc1N1CCCCC1)c1ccccc1I. The van der Waals surface area contributed by atoms with Gasteiger partial charge in [-0.15, -0.1) is 0 Å². The van der Waals surface area contributed by atoms with Gasteiger partial charge in [-0.3, -0.25) is 4.79 Å². The van der Waals surface area contributed by atoms with Gasteiger partial charge >= 0.3 is 0 Å². The summed E-state index contributed by atoms with van der Waals surface area (Å²) in [5, 5.41) is 3.66. The number of carbonyl (C=O) groups is 1. The van der Waals surface area contributed by atoms with Crippen LogP contribution in [0.4, 0.5) is 11.4 Å². The molecule has 0 atom stereocenters. The average Bonchev–Trinajstić information content (AvgIpc) is 2.56. The minimum absolute atomic E-state index is 0.101. The van der Waals surface area contributed by atoms with Crippen LogP contribution < -0.4 is 10.2 Å². The first kappa shape index (κ1) is 16.6. The van der Waals surface area contributed by atoms with Crippen LogP contribution in [0.2, 0.25) is 5.02 Å². The Labute approximate surface area is 155 Å². The minimum Gasteiger partial charge on any atom is -0.370 e. The van der Waals surface area contributed by atoms with E-state index < -0.39 is 0 Å². The van der Waals surface area contributed by atoms with Crippen LogP contribution in [0.25, 0.3) is 0 Å². The number of anilines is 2. The van der Waals surface area contributed by atoms with Crippen molar-refractivity contribution < 1.29 is 4.79 Å². The highest BCUT2D eigenvalue weighted by Crippen LogP contribution is 2.31. The Kier molecular flexibility index (Phi) is 5.43. The van der Waals surface area contributed by atoms with Crippen molar-refractivity contribution in [3.05, 3.63) is 56.6 Å². The number of hydrogen-bond donors (Lipinski definition) is 1. The highest BCUT2D eigenvalue weighted by molar-refractivity contribution is 14.1. The van der Waals surface area contributed by atoms with Crippen LogP contribution in [0.1, 0.15) is 29.6 Å². The van der Waals surface area contributed by atoms with Gasteiger partial charge in [0, 0.05) is 21.7 Å². The zero-order chi connectivity index (χ0) is 16.2. The van der Waals surface area contributed by atoms with Gasteiger partial charge in [-0.2, -0.15) is 0 Å². The molecule has 0 unspecified atom stereocenters. The molecule has 1 N–H and O–H groups in total. The van der Waals surface area contributed by atoms with Gasteiger partial charge in [0.2, 0.25) is 0 Å². The number of piperidine rings is 1. The molecule has 1 aliphatic heterocycles. The van der Waals surface area contributed by atoms with Crippen molar-refractivity contribution in [2.75, 3.05) is 23.3 Å². The van der Waals surface area contributed by atoms with E-state index in [0.29, 0.717) is 10.6 Å². The van der Waals surface area contributed by atoms with Gasteiger partial charge in [0.05, 0.1) is 16.9 Å². The third-order valence-corrected chi connectivity index (χ3v) is 5.20. The Balaban J connectivity index is 1.88. The molecule has 0 aliphatic carbocycles. The van der Waals surface area contributed by atoms with Gasteiger partial charge in [-0.1, -0.05) is 23.7 Å². The van der Waals surface area contributed by atoms with E-state index in [-0.39, 0.29) is 5.91 Å². The molecule has 5 heteroatoms. The molecule has 1 heterocycles. The Morgan fingerprint density at radius 2 is 1.83 bits per heavy atom. The number of nitrogens with zero attached hydrogens (tertiary/aromatic N) is 1. The molecule has 2 aromatic rings. The first-order chi connectivity index (χ1) is 11.1. The molecule has 2 aromatic carbocycles. The first-order valence-corrected chi connectivity index (χ1v) is 9.21. The van der Waals surface area contributed by atoms with Crippen LogP contribution in [0, 0.1) is 3.57 Å². The largest absolute Gasteiger partial charge is 0.370 e. The number of hydrogen-bond acceptors (Lipinski definition) is 2. The fourth-order valence-corrected chi connectivity index (χ4v) is 3.66. The zero-order valence-electron chi connectivity index (χ0n) is 12.7. The summed E-state index contributed by atoms with van der Waals surface area (Å²) in [6.07, 6.45) is 3.65. The van der Waals surface area contributed by atoms with Crippen LogP contribution in [-0.4, -0.2) is 19.0 Å². The van der Waals surface area contributed by atoms with Crippen molar-refractivity contribution >= 4 is 51.5 Å². The van der Waals surface area contributed by atoms with E-state index in [0.717, 1.165) is 28.0 Å². The van der Waals surface area contributed by atoms with Gasteiger partial charge in [-0.25, -0.2) is 0 Å². The number of rotatable bonds is 3. The van der Waals surface area contributed by atoms with Crippen LogP contribution in [0.3, 0.4) is 0 Å². The Bertz CT molecular complexity index is 714. The van der Waals surface area contributed by atoms with Crippen LogP contribution in [0.15, 0.2) is 42.5 Å². The summed E-state index contributed by atoms with van der Waals surface area (Å²) in [4.78, 5) is 14.9. The molecule has 0 bridgehead atoms. The summed E-state index contributed by atoms with van der Waals surface area (Å²) >= 11 is 8.32. The second kappa shape index (κ2) is 7.53. The molecule has 1 fully saturated rings. The Morgan fingerprint density at radius 1 is 1.09 bits per heavy atom. The third kappa shape index (κ3) is 3.98. The third-order valence-electron chi connectivity index (χ3n) is 4.02. The van der Waals surface area contributed by atoms with E-state index in [4.69, 9.17) is 11.6 Å². The van der Waals surface area contributed by atoms with Crippen LogP contribution >= 0.6 is 34.2 Å². The molecule has 0 spiro atoms. The predicted molar refractivity (Wildman–Crippen MR) is 105 cm³/mol. The number of halogens is 2. The topological polar surface area (TPSA) is 32.3 Å². The van der Waals surface area contributed by atoms with Gasteiger partial charge < -0.3 is 10.2 Å². The number of carbonyl (C=O) groups excluding carboxylic acids is 1. The van der Waals surface area contributed by atoms with Crippen molar-refractivity contribution in [3.8, 4) is 0 Å². The molecule has 0 radical (unpaired) electrons. The minimum atomic E-state index is -0.101. The quantitative estimate of drug-likeness (QED) is 0.667. The summed E-state index contributed by atoms with van der Waals surface area (Å²) in [5.74, 6) is -0.101. The van der Waals surface area contributed by atoms with E-state index in [9.17, 15) is 4.79 Å². The second-order valence-corrected chi connectivity index (χ2v) is 7.24. The molecular formula is C18H18ClIN2O. The van der Waals surface area contributed by atoms with E-state index >= 15 is 0 Å². The van der Waals surface area contributed by atoms with Gasteiger partial charge in [0.15, 0.2) is 0 Å². The first-order valence-electron chi connectivity index (χ1n) is 7.75. The summed E-state index contributed by atoms with van der Waals surface area (Å²) in [6.45, 7) is 2.04. The fourth-order valence-electron chi connectivity index (χ4n) is 2.85. The van der Waals surface area contributed by atoms with Crippen molar-refractivity contribution in [1.82, 2.24) is 0 Å². The Morgan fingerprint density at radius 3 is 2.57 bits per heavy atom. The van der Waals surface area contributed by atoms with E-state index in [1.807, 2.05) is 42.5 Å². The summed E-state index contributed by atoms with van der Waals surface area (Å²) in [7, 11) is 0. The summed E-state index contributed by atoms with van der Waals surface area (Å²) < 4.78 is 0.934. The maximum Gasteiger partial charge on any atom is 0.256 e. The van der Waals surface area contributed by atoms with Crippen molar-refractivity contribution in [2.45, 2.75) is 19.3 Å². The van der Waals surface area contributed by atoms with Gasteiger partial charge in [0.25, 0.3) is 5.91 Å². The lowest BCUT2D eigenvalue weighted by molar-refractivity contribution is 0.102. The van der Waals surface area contributed by atoms with E-state index in [1.54, 1.807) is 0 Å². The van der Waals surface area contributed by atoms with Crippen molar-refractivity contribution in [2.24, 2.45) is 0 Å². The molecule has 0 saturated carbocycles. The number of amides is 1. The lowest BCUT2D eigenvalue weighted by Crippen LogP contribution is -2.30. The Hall–Kier alpha value is -1.27. The van der Waals surface area contributed by atoms with E-state index in [2.05, 4.69) is 32.8 Å². The van der Waals surface area contributed by atoms with Crippen molar-refractivity contribution in [3.63, 3.8) is 0 Å². The van der Waals surface area contributed by atoms with Gasteiger partial charge in [-0.05, 0) is 72.2 Å². The maximum absolute atomic E-state index is 12.6. The molecule has 1 aliphatic rings. The monoisotopic (exact) mass is 440 g/mol. The maximum atomic E-state index is 12.6. The van der Waals surface area contributed by atoms with E-state index in [1.165, 1.54) is 19.3 Å². The normalized spacial score (nSPS) is 14.6. The smallest absolute Gasteiger partial charge is 0.256 e. The summed E-state index contributed by atoms with van der Waals surface area (Å²) in [5.41, 5.74) is 2.51. The average molecular weight is 441 g/mol. The number of nitrogens with one attached hydrogen (secondary N) is 1. The molecule has 3 rings (SSSR count). The lowest BCUT2D eigenvalue weighted by Gasteiger charge is -2.30.